The predicted molar refractivity (Wildman–Crippen MR) is 55.1 cm³/mol. The van der Waals surface area contributed by atoms with Gasteiger partial charge in [0.2, 0.25) is 0 Å². The highest BCUT2D eigenvalue weighted by Gasteiger charge is 2.03. The van der Waals surface area contributed by atoms with Crippen molar-refractivity contribution in [3.63, 3.8) is 0 Å². The molecule has 1 aromatic rings. The third-order valence-electron chi connectivity index (χ3n) is 1.81. The van der Waals surface area contributed by atoms with Gasteiger partial charge in [-0.25, -0.2) is 4.79 Å². The molecule has 0 atom stereocenters. The molecule has 72 valence electrons. The van der Waals surface area contributed by atoms with E-state index in [1.165, 1.54) is 15.3 Å². The average Bonchev–Trinajstić information content (AvgIpc) is 2.41. The smallest absolute Gasteiger partial charge is 0.314 e. The molecule has 0 aromatic carbocycles. The van der Waals surface area contributed by atoms with E-state index >= 15 is 0 Å². The molecule has 2 amide bonds. The van der Waals surface area contributed by atoms with E-state index in [1.54, 1.807) is 18.4 Å². The molecule has 0 saturated carbocycles. The maximum Gasteiger partial charge on any atom is 0.314 e. The van der Waals surface area contributed by atoms with Crippen LogP contribution in [0.1, 0.15) is 15.3 Å². The first-order valence-electron chi connectivity index (χ1n) is 4.15. The van der Waals surface area contributed by atoms with Crippen LogP contribution in [0.3, 0.4) is 0 Å². The molecule has 0 aliphatic carbocycles. The third kappa shape index (κ3) is 2.73. The second-order valence-electron chi connectivity index (χ2n) is 2.87. The van der Waals surface area contributed by atoms with Crippen LogP contribution in [-0.2, 0) is 6.54 Å². The first-order chi connectivity index (χ1) is 6.13. The lowest BCUT2D eigenvalue weighted by atomic mass is 10.2. The fraction of sp³-hybridized carbons (Fsp3) is 0.444. The molecular formula is C9H14N2OS. The van der Waals surface area contributed by atoms with Gasteiger partial charge in [0.25, 0.3) is 0 Å². The standard InChI is InChI=1S/C9H14N2OS/c1-6-4-8(7(2)13-6)5-11-9(12)10-3/h4H,5H2,1-3H3,(H2,10,11,12). The number of aryl methyl sites for hydroxylation is 2. The Labute approximate surface area is 82.2 Å². The Bertz CT molecular complexity index is 307. The van der Waals surface area contributed by atoms with E-state index in [-0.39, 0.29) is 6.03 Å². The Kier molecular flexibility index (Phi) is 3.31. The van der Waals surface area contributed by atoms with Gasteiger partial charge in [0.15, 0.2) is 0 Å². The summed E-state index contributed by atoms with van der Waals surface area (Å²) in [4.78, 5) is 13.4. The second kappa shape index (κ2) is 4.28. The van der Waals surface area contributed by atoms with Crippen LogP contribution in [0.2, 0.25) is 0 Å². The number of hydrogen-bond donors (Lipinski definition) is 2. The number of hydrogen-bond acceptors (Lipinski definition) is 2. The monoisotopic (exact) mass is 198 g/mol. The van der Waals surface area contributed by atoms with Gasteiger partial charge in [-0.1, -0.05) is 0 Å². The number of carbonyl (C=O) groups is 1. The zero-order valence-corrected chi connectivity index (χ0v) is 8.92. The van der Waals surface area contributed by atoms with Crippen molar-refractivity contribution in [2.24, 2.45) is 0 Å². The number of urea groups is 1. The first kappa shape index (κ1) is 10.1. The lowest BCUT2D eigenvalue weighted by Crippen LogP contribution is -2.32. The van der Waals surface area contributed by atoms with Gasteiger partial charge in [-0.3, -0.25) is 0 Å². The fourth-order valence-electron chi connectivity index (χ4n) is 1.12. The van der Waals surface area contributed by atoms with Crippen LogP contribution in [0.4, 0.5) is 4.79 Å². The molecule has 0 spiro atoms. The molecule has 13 heavy (non-hydrogen) atoms. The minimum absolute atomic E-state index is 0.136. The number of carbonyl (C=O) groups excluding carboxylic acids is 1. The van der Waals surface area contributed by atoms with Crippen LogP contribution in [0, 0.1) is 13.8 Å². The number of thiophene rings is 1. The van der Waals surface area contributed by atoms with Crippen molar-refractivity contribution in [2.45, 2.75) is 20.4 Å². The van der Waals surface area contributed by atoms with E-state index in [0.717, 1.165) is 0 Å². The van der Waals surface area contributed by atoms with E-state index in [1.807, 2.05) is 0 Å². The first-order valence-corrected chi connectivity index (χ1v) is 4.96. The predicted octanol–water partition coefficient (Wildman–Crippen LogP) is 1.79. The zero-order chi connectivity index (χ0) is 9.84. The summed E-state index contributed by atoms with van der Waals surface area (Å²) in [7, 11) is 1.61. The van der Waals surface area contributed by atoms with E-state index in [2.05, 4.69) is 30.5 Å². The highest BCUT2D eigenvalue weighted by atomic mass is 32.1. The van der Waals surface area contributed by atoms with E-state index in [0.29, 0.717) is 6.54 Å². The van der Waals surface area contributed by atoms with Gasteiger partial charge in [-0.05, 0) is 25.5 Å². The van der Waals surface area contributed by atoms with Crippen molar-refractivity contribution >= 4 is 17.4 Å². The Morgan fingerprint density at radius 2 is 2.23 bits per heavy atom. The molecule has 0 aliphatic heterocycles. The topological polar surface area (TPSA) is 41.1 Å². The summed E-state index contributed by atoms with van der Waals surface area (Å²) in [6.07, 6.45) is 0. The zero-order valence-electron chi connectivity index (χ0n) is 8.10. The molecule has 1 heterocycles. The van der Waals surface area contributed by atoms with Crippen LogP contribution in [-0.4, -0.2) is 13.1 Å². The van der Waals surface area contributed by atoms with Crippen LogP contribution in [0.25, 0.3) is 0 Å². The summed E-state index contributed by atoms with van der Waals surface area (Å²) >= 11 is 1.76. The highest BCUT2D eigenvalue weighted by Crippen LogP contribution is 2.19. The average molecular weight is 198 g/mol. The van der Waals surface area contributed by atoms with E-state index < -0.39 is 0 Å². The summed E-state index contributed by atoms with van der Waals surface area (Å²) in [6.45, 7) is 4.75. The molecule has 0 saturated heterocycles. The molecule has 0 radical (unpaired) electrons. The SMILES string of the molecule is CNC(=O)NCc1cc(C)sc1C. The Balaban J connectivity index is 2.54. The molecule has 0 bridgehead atoms. The minimum atomic E-state index is -0.136. The van der Waals surface area contributed by atoms with Crippen molar-refractivity contribution in [1.82, 2.24) is 10.6 Å². The van der Waals surface area contributed by atoms with Gasteiger partial charge in [0.1, 0.15) is 0 Å². The van der Waals surface area contributed by atoms with E-state index in [9.17, 15) is 4.79 Å². The summed E-state index contributed by atoms with van der Waals surface area (Å²) < 4.78 is 0. The molecule has 0 unspecified atom stereocenters. The maximum atomic E-state index is 10.9. The summed E-state index contributed by atoms with van der Waals surface area (Å²) in [5, 5.41) is 5.27. The Morgan fingerprint density at radius 3 is 2.69 bits per heavy atom. The van der Waals surface area contributed by atoms with Gasteiger partial charge < -0.3 is 10.6 Å². The van der Waals surface area contributed by atoms with Crippen LogP contribution < -0.4 is 10.6 Å². The van der Waals surface area contributed by atoms with Gasteiger partial charge in [-0.15, -0.1) is 11.3 Å². The van der Waals surface area contributed by atoms with Crippen molar-refractivity contribution in [3.05, 3.63) is 21.4 Å². The third-order valence-corrected chi connectivity index (χ3v) is 2.82. The van der Waals surface area contributed by atoms with Gasteiger partial charge in [0.05, 0.1) is 0 Å². The van der Waals surface area contributed by atoms with Crippen LogP contribution in [0.5, 0.6) is 0 Å². The van der Waals surface area contributed by atoms with Crippen molar-refractivity contribution in [1.29, 1.82) is 0 Å². The van der Waals surface area contributed by atoms with Gasteiger partial charge >= 0.3 is 6.03 Å². The lowest BCUT2D eigenvalue weighted by molar-refractivity contribution is 0.242. The fourth-order valence-corrected chi connectivity index (χ4v) is 2.07. The Morgan fingerprint density at radius 1 is 1.54 bits per heavy atom. The lowest BCUT2D eigenvalue weighted by Gasteiger charge is -2.02. The van der Waals surface area contributed by atoms with Crippen molar-refractivity contribution < 1.29 is 4.79 Å². The quantitative estimate of drug-likeness (QED) is 0.747. The molecule has 1 rings (SSSR count). The number of rotatable bonds is 2. The van der Waals surface area contributed by atoms with Crippen LogP contribution >= 0.6 is 11.3 Å². The highest BCUT2D eigenvalue weighted by molar-refractivity contribution is 7.12. The normalized spacial score (nSPS) is 9.77. The number of amides is 2. The molecule has 0 aliphatic rings. The second-order valence-corrected chi connectivity index (χ2v) is 4.33. The minimum Gasteiger partial charge on any atom is -0.341 e. The molecule has 4 heteroatoms. The number of nitrogens with one attached hydrogen (secondary N) is 2. The van der Waals surface area contributed by atoms with Crippen molar-refractivity contribution in [2.75, 3.05) is 7.05 Å². The summed E-state index contributed by atoms with van der Waals surface area (Å²) in [5.41, 5.74) is 1.20. The summed E-state index contributed by atoms with van der Waals surface area (Å²) in [6, 6.07) is 1.97. The van der Waals surface area contributed by atoms with Gasteiger partial charge in [-0.2, -0.15) is 0 Å². The molecule has 3 nitrogen and oxygen atoms in total. The van der Waals surface area contributed by atoms with E-state index in [4.69, 9.17) is 0 Å². The molecule has 2 N–H and O–H groups in total. The maximum absolute atomic E-state index is 10.9. The van der Waals surface area contributed by atoms with Gasteiger partial charge in [0, 0.05) is 23.3 Å². The largest absolute Gasteiger partial charge is 0.341 e. The van der Waals surface area contributed by atoms with Crippen LogP contribution in [0.15, 0.2) is 6.07 Å². The summed E-state index contributed by atoms with van der Waals surface area (Å²) in [5.74, 6) is 0. The van der Waals surface area contributed by atoms with Crippen molar-refractivity contribution in [3.8, 4) is 0 Å². The molecular weight excluding hydrogens is 184 g/mol. The molecule has 1 aromatic heterocycles. The Hall–Kier alpha value is -1.03. The molecule has 0 fully saturated rings.